The molecule has 45 heavy (non-hydrogen) atoms. The summed E-state index contributed by atoms with van der Waals surface area (Å²) in [6.45, 7) is 8.20. The molecule has 250 valence electrons. The molecule has 0 spiro atoms. The van der Waals surface area contributed by atoms with Gasteiger partial charge in [0.05, 0.1) is 16.2 Å². The van der Waals surface area contributed by atoms with Crippen LogP contribution in [0.4, 0.5) is 13.2 Å². The molecule has 0 bridgehead atoms. The van der Waals surface area contributed by atoms with E-state index in [-0.39, 0.29) is 68.9 Å². The summed E-state index contributed by atoms with van der Waals surface area (Å²) in [6, 6.07) is 6.14. The van der Waals surface area contributed by atoms with Crippen molar-refractivity contribution >= 4 is 44.9 Å². The van der Waals surface area contributed by atoms with Gasteiger partial charge >= 0.3 is 12.1 Å². The summed E-state index contributed by atoms with van der Waals surface area (Å²) in [6.07, 6.45) is -2.33. The highest BCUT2D eigenvalue weighted by Gasteiger charge is 2.36. The van der Waals surface area contributed by atoms with Crippen molar-refractivity contribution in [1.29, 1.82) is 0 Å². The van der Waals surface area contributed by atoms with E-state index in [4.69, 9.17) is 27.9 Å². The number of benzene rings is 2. The second-order valence-corrected chi connectivity index (χ2v) is 15.1. The highest BCUT2D eigenvalue weighted by Crippen LogP contribution is 2.37. The van der Waals surface area contributed by atoms with Gasteiger partial charge < -0.3 is 15.4 Å². The molecule has 1 aliphatic heterocycles. The smallest absolute Gasteiger partial charge is 0.416 e. The largest absolute Gasteiger partial charge is 0.460 e. The lowest BCUT2D eigenvalue weighted by atomic mass is 9.99. The molecule has 1 heterocycles. The van der Waals surface area contributed by atoms with Crippen molar-refractivity contribution in [2.45, 2.75) is 89.2 Å². The molecule has 1 amide bonds. The zero-order valence-corrected chi connectivity index (χ0v) is 28.2. The quantitative estimate of drug-likeness (QED) is 0.196. The molecule has 1 fully saturated rings. The number of alkyl halides is 3. The number of sulfone groups is 1. The van der Waals surface area contributed by atoms with Crippen molar-refractivity contribution in [1.82, 2.24) is 15.5 Å². The van der Waals surface area contributed by atoms with E-state index < -0.39 is 33.1 Å². The molecule has 1 aliphatic rings. The van der Waals surface area contributed by atoms with Gasteiger partial charge in [-0.3, -0.25) is 14.5 Å². The third-order valence-corrected chi connectivity index (χ3v) is 9.64. The number of carbonyl (C=O) groups excluding carboxylic acids is 2. The van der Waals surface area contributed by atoms with E-state index in [2.05, 4.69) is 10.6 Å². The molecule has 0 aromatic heterocycles. The molecule has 2 aromatic rings. The summed E-state index contributed by atoms with van der Waals surface area (Å²) in [4.78, 5) is 26.8. The minimum Gasteiger partial charge on any atom is -0.460 e. The molecule has 1 saturated heterocycles. The van der Waals surface area contributed by atoms with Crippen LogP contribution in [-0.4, -0.2) is 62.2 Å². The van der Waals surface area contributed by atoms with E-state index in [1.54, 1.807) is 20.8 Å². The van der Waals surface area contributed by atoms with E-state index in [9.17, 15) is 31.2 Å². The number of esters is 1. The Morgan fingerprint density at radius 2 is 1.82 bits per heavy atom. The first-order valence-corrected chi connectivity index (χ1v) is 17.2. The number of likely N-dealkylation sites (tertiary alicyclic amines) is 1. The fourth-order valence-electron chi connectivity index (χ4n) is 5.12. The Balaban J connectivity index is 1.69. The van der Waals surface area contributed by atoms with E-state index >= 15 is 0 Å². The van der Waals surface area contributed by atoms with Crippen LogP contribution in [0.3, 0.4) is 0 Å². The molecular formula is C31H40Cl2F3N3O5S. The molecule has 14 heteroatoms. The number of halogens is 5. The molecule has 0 aliphatic carbocycles. The Hall–Kier alpha value is -2.38. The monoisotopic (exact) mass is 693 g/mol. The fraction of sp³-hybridized carbons (Fsp3) is 0.548. The van der Waals surface area contributed by atoms with Crippen LogP contribution >= 0.6 is 23.2 Å². The van der Waals surface area contributed by atoms with Crippen LogP contribution < -0.4 is 10.6 Å². The summed E-state index contributed by atoms with van der Waals surface area (Å²) in [7, 11) is -3.64. The standard InChI is InChI=1S/C31H40Cl2F3N3O5S/c1-5-45(42,43)27-11-10-22(32)14-21(27)17-38-29(41)20-15-25(31(34,35)36)24(26(33)16-20)19-39-13-7-8-23(18-39)37-12-6-9-28(40)44-30(2,3)4/h10-11,14-16,23,37H,5-9,12-13,17-19H2,1-4H3,(H,38,41)/t23-/m0/s1. The lowest BCUT2D eigenvalue weighted by molar-refractivity contribution is -0.154. The minimum atomic E-state index is -4.78. The van der Waals surface area contributed by atoms with Crippen LogP contribution in [0.5, 0.6) is 0 Å². The van der Waals surface area contributed by atoms with Gasteiger partial charge in [-0.25, -0.2) is 8.42 Å². The third-order valence-electron chi connectivity index (χ3n) is 7.24. The number of nitrogens with one attached hydrogen (secondary N) is 2. The first-order chi connectivity index (χ1) is 20.9. The van der Waals surface area contributed by atoms with E-state index in [0.29, 0.717) is 26.1 Å². The number of carbonyl (C=O) groups is 2. The molecule has 0 radical (unpaired) electrons. The Morgan fingerprint density at radius 3 is 2.47 bits per heavy atom. The van der Waals surface area contributed by atoms with Crippen molar-refractivity contribution < 1.29 is 35.9 Å². The fourth-order valence-corrected chi connectivity index (χ4v) is 6.72. The zero-order valence-electron chi connectivity index (χ0n) is 25.8. The van der Waals surface area contributed by atoms with Crippen molar-refractivity contribution in [2.24, 2.45) is 0 Å². The maximum Gasteiger partial charge on any atom is 0.416 e. The van der Waals surface area contributed by atoms with Gasteiger partial charge in [0.2, 0.25) is 0 Å². The van der Waals surface area contributed by atoms with Gasteiger partial charge in [0.1, 0.15) is 5.60 Å². The Labute approximate surface area is 272 Å². The summed E-state index contributed by atoms with van der Waals surface area (Å²) < 4.78 is 73.0. The van der Waals surface area contributed by atoms with Crippen LogP contribution in [-0.2, 0) is 38.6 Å². The van der Waals surface area contributed by atoms with Gasteiger partial charge in [0.25, 0.3) is 5.91 Å². The van der Waals surface area contributed by atoms with Crippen LogP contribution in [0.1, 0.15) is 80.4 Å². The van der Waals surface area contributed by atoms with Gasteiger partial charge in [-0.05, 0) is 94.6 Å². The van der Waals surface area contributed by atoms with Crippen molar-refractivity contribution in [3.63, 3.8) is 0 Å². The second kappa shape index (κ2) is 15.5. The average Bonchev–Trinajstić information content (AvgIpc) is 2.93. The van der Waals surface area contributed by atoms with E-state index in [0.717, 1.165) is 18.9 Å². The number of hydrogen-bond acceptors (Lipinski definition) is 7. The lowest BCUT2D eigenvalue weighted by Gasteiger charge is -2.34. The molecule has 1 atom stereocenters. The van der Waals surface area contributed by atoms with Crippen LogP contribution in [0.2, 0.25) is 10.0 Å². The molecular weight excluding hydrogens is 654 g/mol. The van der Waals surface area contributed by atoms with Gasteiger partial charge in [0.15, 0.2) is 9.84 Å². The number of amides is 1. The number of rotatable bonds is 12. The van der Waals surface area contributed by atoms with Crippen molar-refractivity contribution in [3.8, 4) is 0 Å². The molecule has 8 nitrogen and oxygen atoms in total. The first kappa shape index (κ1) is 37.1. The number of nitrogens with zero attached hydrogens (tertiary/aromatic N) is 1. The predicted octanol–water partition coefficient (Wildman–Crippen LogP) is 6.41. The maximum absolute atomic E-state index is 14.3. The Morgan fingerprint density at radius 1 is 1.11 bits per heavy atom. The van der Waals surface area contributed by atoms with Gasteiger partial charge in [-0.15, -0.1) is 0 Å². The molecule has 3 rings (SSSR count). The van der Waals surface area contributed by atoms with Crippen LogP contribution in [0.25, 0.3) is 0 Å². The molecule has 0 saturated carbocycles. The molecule has 0 unspecified atom stereocenters. The average molecular weight is 695 g/mol. The zero-order chi connectivity index (χ0) is 33.6. The maximum atomic E-state index is 14.3. The van der Waals surface area contributed by atoms with Crippen LogP contribution in [0.15, 0.2) is 35.2 Å². The third kappa shape index (κ3) is 11.1. The number of piperidine rings is 1. The summed E-state index contributed by atoms with van der Waals surface area (Å²) in [5, 5.41) is 5.93. The summed E-state index contributed by atoms with van der Waals surface area (Å²) in [5.41, 5.74) is -1.77. The van der Waals surface area contributed by atoms with E-state index in [1.807, 2.05) is 4.90 Å². The van der Waals surface area contributed by atoms with Crippen molar-refractivity contribution in [2.75, 3.05) is 25.4 Å². The number of hydrogen-bond donors (Lipinski definition) is 2. The summed E-state index contributed by atoms with van der Waals surface area (Å²) in [5.74, 6) is -1.30. The SMILES string of the molecule is CCS(=O)(=O)c1ccc(Cl)cc1CNC(=O)c1cc(Cl)c(CN2CCC[C@H](NCCCC(=O)OC(C)(C)C)C2)c(C(F)(F)F)c1. The Bertz CT molecular complexity index is 1480. The molecule has 2 N–H and O–H groups in total. The normalized spacial score (nSPS) is 16.4. The van der Waals surface area contributed by atoms with Gasteiger partial charge in [-0.2, -0.15) is 13.2 Å². The van der Waals surface area contributed by atoms with Gasteiger partial charge in [-0.1, -0.05) is 30.1 Å². The van der Waals surface area contributed by atoms with Gasteiger partial charge in [0, 0.05) is 47.7 Å². The predicted molar refractivity (Wildman–Crippen MR) is 168 cm³/mol. The highest BCUT2D eigenvalue weighted by molar-refractivity contribution is 7.91. The lowest BCUT2D eigenvalue weighted by Crippen LogP contribution is -2.45. The van der Waals surface area contributed by atoms with Crippen molar-refractivity contribution in [3.05, 3.63) is 62.6 Å². The Kier molecular flexibility index (Phi) is 12.8. The topological polar surface area (TPSA) is 105 Å². The number of ether oxygens (including phenoxy) is 1. The molecule has 2 aromatic carbocycles. The minimum absolute atomic E-state index is 0.0172. The second-order valence-electron chi connectivity index (χ2n) is 12.0. The van der Waals surface area contributed by atoms with E-state index in [1.165, 1.54) is 31.2 Å². The summed E-state index contributed by atoms with van der Waals surface area (Å²) >= 11 is 12.4. The van der Waals surface area contributed by atoms with Crippen LogP contribution in [0, 0.1) is 0 Å². The first-order valence-electron chi connectivity index (χ1n) is 14.8. The highest BCUT2D eigenvalue weighted by atomic mass is 35.5.